The highest BCUT2D eigenvalue weighted by atomic mass is 32.2. The minimum Gasteiger partial charge on any atom is -0.369 e. The molecule has 5 nitrogen and oxygen atoms in total. The van der Waals surface area contributed by atoms with Gasteiger partial charge in [-0.3, -0.25) is 9.52 Å². The van der Waals surface area contributed by atoms with Crippen molar-refractivity contribution in [2.45, 2.75) is 38.1 Å². The predicted molar refractivity (Wildman–Crippen MR) is 106 cm³/mol. The molecule has 0 aliphatic heterocycles. The lowest BCUT2D eigenvalue weighted by Crippen LogP contribution is -2.29. The summed E-state index contributed by atoms with van der Waals surface area (Å²) in [5.74, 6) is 0. The zero-order valence-electron chi connectivity index (χ0n) is 11.6. The molecule has 5 N–H and O–H groups in total. The molecule has 1 aliphatic carbocycles. The molecule has 1 saturated carbocycles. The fourth-order valence-electron chi connectivity index (χ4n) is 1.70. The van der Waals surface area contributed by atoms with Gasteiger partial charge in [-0.15, -0.1) is 25.3 Å². The first-order valence-corrected chi connectivity index (χ1v) is 9.10. The van der Waals surface area contributed by atoms with Crippen molar-refractivity contribution >= 4 is 75.5 Å². The quantitative estimate of drug-likeness (QED) is 0.187. The molecule has 0 radical (unpaired) electrons. The van der Waals surface area contributed by atoms with Crippen LogP contribution in [0.5, 0.6) is 0 Å². The Hall–Kier alpha value is 0.260. The van der Waals surface area contributed by atoms with Crippen molar-refractivity contribution in [2.24, 2.45) is 5.73 Å². The fourth-order valence-corrected chi connectivity index (χ4v) is 2.65. The Labute approximate surface area is 152 Å². The van der Waals surface area contributed by atoms with Crippen LogP contribution in [0, 0.1) is 0 Å². The SMILES string of the molecule is NC(=O)SNC1CCCCC1.S=C(S)NCCNC(=S)S. The molecule has 0 atom stereocenters. The van der Waals surface area contributed by atoms with Gasteiger partial charge in [-0.25, -0.2) is 0 Å². The summed E-state index contributed by atoms with van der Waals surface area (Å²) in [5.41, 5.74) is 4.97. The van der Waals surface area contributed by atoms with Gasteiger partial charge in [0.2, 0.25) is 0 Å². The van der Waals surface area contributed by atoms with Gasteiger partial charge in [-0.05, 0) is 12.8 Å². The monoisotopic (exact) mass is 386 g/mol. The van der Waals surface area contributed by atoms with Crippen molar-refractivity contribution in [3.8, 4) is 0 Å². The molecule has 1 fully saturated rings. The number of carbonyl (C=O) groups is 1. The second-order valence-electron chi connectivity index (χ2n) is 4.34. The van der Waals surface area contributed by atoms with Crippen LogP contribution >= 0.6 is 61.6 Å². The number of thiol groups is 2. The number of carbonyl (C=O) groups excluding carboxylic acids is 1. The third kappa shape index (κ3) is 16.5. The highest BCUT2D eigenvalue weighted by molar-refractivity contribution is 8.12. The topological polar surface area (TPSA) is 79.2 Å². The average Bonchev–Trinajstić information content (AvgIpc) is 2.43. The van der Waals surface area contributed by atoms with Gasteiger partial charge in [0.15, 0.2) is 0 Å². The molecule has 0 aromatic heterocycles. The molecule has 0 aromatic carbocycles. The van der Waals surface area contributed by atoms with Gasteiger partial charge in [0.1, 0.15) is 8.64 Å². The van der Waals surface area contributed by atoms with Crippen molar-refractivity contribution < 1.29 is 4.79 Å². The Balaban J connectivity index is 0.000000384. The van der Waals surface area contributed by atoms with E-state index in [1.165, 1.54) is 32.1 Å². The Morgan fingerprint density at radius 3 is 1.95 bits per heavy atom. The van der Waals surface area contributed by atoms with E-state index in [0.717, 1.165) is 11.9 Å². The molecular weight excluding hydrogens is 364 g/mol. The first kappa shape index (κ1) is 21.3. The molecule has 0 unspecified atom stereocenters. The Morgan fingerprint density at radius 1 is 1.10 bits per heavy atom. The third-order valence-electron chi connectivity index (χ3n) is 2.61. The fraction of sp³-hybridized carbons (Fsp3) is 0.727. The summed E-state index contributed by atoms with van der Waals surface area (Å²) < 4.78 is 4.05. The largest absolute Gasteiger partial charge is 0.369 e. The summed E-state index contributed by atoms with van der Waals surface area (Å²) in [7, 11) is 0. The summed E-state index contributed by atoms with van der Waals surface area (Å²) in [5, 5.41) is 5.34. The van der Waals surface area contributed by atoms with Crippen LogP contribution < -0.4 is 21.1 Å². The normalized spacial score (nSPS) is 14.6. The second kappa shape index (κ2) is 13.9. The first-order valence-electron chi connectivity index (χ1n) is 6.57. The Kier molecular flexibility index (Phi) is 14.1. The Morgan fingerprint density at radius 2 is 1.57 bits per heavy atom. The summed E-state index contributed by atoms with van der Waals surface area (Å²) >= 11 is 18.0. The zero-order chi connectivity index (χ0) is 16.1. The molecule has 1 rings (SSSR count). The van der Waals surface area contributed by atoms with Gasteiger partial charge in [0.25, 0.3) is 5.24 Å². The molecule has 21 heavy (non-hydrogen) atoms. The third-order valence-corrected chi connectivity index (χ3v) is 3.87. The van der Waals surface area contributed by atoms with Crippen molar-refractivity contribution in [1.29, 1.82) is 0 Å². The minimum atomic E-state index is -0.337. The van der Waals surface area contributed by atoms with Crippen LogP contribution in [0.1, 0.15) is 32.1 Å². The van der Waals surface area contributed by atoms with Gasteiger partial charge in [0.05, 0.1) is 0 Å². The van der Waals surface area contributed by atoms with E-state index in [2.05, 4.69) is 65.0 Å². The standard InChI is InChI=1S/C7H14N2OS.C4H8N2S4/c8-7(10)11-9-6-4-2-1-3-5-6;7-3(8)5-1-2-6-4(9)10/h6,9H,1-5H2,(H2,8,10);1-2H2,(H2,5,7,8)(H2,6,9,10). The van der Waals surface area contributed by atoms with Crippen molar-refractivity contribution in [2.75, 3.05) is 13.1 Å². The molecule has 0 bridgehead atoms. The van der Waals surface area contributed by atoms with E-state index in [9.17, 15) is 4.79 Å². The number of hydrogen-bond acceptors (Lipinski definition) is 5. The number of thiocarbonyl (C=S) groups is 2. The van der Waals surface area contributed by atoms with Gasteiger partial charge in [-0.2, -0.15) is 0 Å². The predicted octanol–water partition coefficient (Wildman–Crippen LogP) is 2.23. The maximum atomic E-state index is 10.4. The van der Waals surface area contributed by atoms with Crippen LogP contribution in [0.15, 0.2) is 0 Å². The molecule has 1 amide bonds. The van der Waals surface area contributed by atoms with Crippen LogP contribution in [0.2, 0.25) is 0 Å². The lowest BCUT2D eigenvalue weighted by atomic mass is 9.96. The van der Waals surface area contributed by atoms with Crippen LogP contribution in [-0.2, 0) is 0 Å². The van der Waals surface area contributed by atoms with Crippen molar-refractivity contribution in [3.05, 3.63) is 0 Å². The molecular formula is C11H22N4OS5. The molecule has 0 aromatic rings. The number of primary amides is 1. The number of rotatable bonds is 5. The lowest BCUT2D eigenvalue weighted by molar-refractivity contribution is 0.267. The number of nitrogens with one attached hydrogen (secondary N) is 3. The number of amides is 1. The van der Waals surface area contributed by atoms with E-state index < -0.39 is 0 Å². The van der Waals surface area contributed by atoms with Gasteiger partial charge >= 0.3 is 0 Å². The second-order valence-corrected chi connectivity index (χ2v) is 7.50. The molecule has 1 aliphatic rings. The van der Waals surface area contributed by atoms with Crippen LogP contribution in [0.4, 0.5) is 4.79 Å². The summed E-state index contributed by atoms with van der Waals surface area (Å²) in [6.45, 7) is 1.42. The minimum absolute atomic E-state index is 0.337. The van der Waals surface area contributed by atoms with Crippen LogP contribution in [-0.4, -0.2) is 33.0 Å². The van der Waals surface area contributed by atoms with Crippen molar-refractivity contribution in [3.63, 3.8) is 0 Å². The molecule has 122 valence electrons. The van der Waals surface area contributed by atoms with E-state index in [0.29, 0.717) is 27.8 Å². The van der Waals surface area contributed by atoms with Crippen LogP contribution in [0.25, 0.3) is 0 Å². The summed E-state index contributed by atoms with van der Waals surface area (Å²) in [4.78, 5) is 10.4. The highest BCUT2D eigenvalue weighted by Gasteiger charge is 2.13. The Bertz CT molecular complexity index is 321. The summed E-state index contributed by atoms with van der Waals surface area (Å²) in [6.07, 6.45) is 6.24. The zero-order valence-corrected chi connectivity index (χ0v) is 15.9. The van der Waals surface area contributed by atoms with Gasteiger partial charge in [-0.1, -0.05) is 43.7 Å². The molecule has 0 saturated heterocycles. The maximum Gasteiger partial charge on any atom is 0.291 e. The smallest absolute Gasteiger partial charge is 0.291 e. The maximum absolute atomic E-state index is 10.4. The molecule has 0 spiro atoms. The average molecular weight is 387 g/mol. The van der Waals surface area contributed by atoms with E-state index in [4.69, 9.17) is 5.73 Å². The van der Waals surface area contributed by atoms with E-state index in [-0.39, 0.29) is 5.24 Å². The van der Waals surface area contributed by atoms with Gasteiger partial charge in [0, 0.05) is 31.1 Å². The van der Waals surface area contributed by atoms with E-state index >= 15 is 0 Å². The number of nitrogens with two attached hydrogens (primary N) is 1. The molecule has 0 heterocycles. The summed E-state index contributed by atoms with van der Waals surface area (Å²) in [6, 6.07) is 0.501. The molecule has 10 heteroatoms. The van der Waals surface area contributed by atoms with E-state index in [1.54, 1.807) is 0 Å². The van der Waals surface area contributed by atoms with Crippen molar-refractivity contribution in [1.82, 2.24) is 15.4 Å². The van der Waals surface area contributed by atoms with Gasteiger partial charge < -0.3 is 16.4 Å². The van der Waals surface area contributed by atoms with Crippen LogP contribution in [0.3, 0.4) is 0 Å². The van der Waals surface area contributed by atoms with E-state index in [1.807, 2.05) is 0 Å². The first-order chi connectivity index (χ1) is 9.91. The number of hydrogen-bond donors (Lipinski definition) is 6. The lowest BCUT2D eigenvalue weighted by Gasteiger charge is -2.20. The highest BCUT2D eigenvalue weighted by Crippen LogP contribution is 2.18.